The standard InChI is InChI=1S/C16H18N2O2/c1-11-15(13-5-3-4-6-14(13)17(11)2)16(20)18-9-7-12(19)8-10-18/h3-6H,7-10H2,1-2H3. The Balaban J connectivity index is 2.03. The van der Waals surface area contributed by atoms with E-state index in [9.17, 15) is 9.59 Å². The Kier molecular flexibility index (Phi) is 3.08. The van der Waals surface area contributed by atoms with Crippen LogP contribution in [0.25, 0.3) is 10.9 Å². The van der Waals surface area contributed by atoms with Crippen LogP contribution in [0, 0.1) is 6.92 Å². The number of amides is 1. The minimum absolute atomic E-state index is 0.0480. The highest BCUT2D eigenvalue weighted by Gasteiger charge is 2.26. The molecule has 0 bridgehead atoms. The summed E-state index contributed by atoms with van der Waals surface area (Å²) in [4.78, 5) is 25.9. The molecule has 2 heterocycles. The van der Waals surface area contributed by atoms with Gasteiger partial charge in [-0.05, 0) is 13.0 Å². The van der Waals surface area contributed by atoms with Crippen LogP contribution in [0.15, 0.2) is 24.3 Å². The lowest BCUT2D eigenvalue weighted by Crippen LogP contribution is -2.38. The number of aryl methyl sites for hydroxylation is 1. The van der Waals surface area contributed by atoms with Gasteiger partial charge in [0.25, 0.3) is 5.91 Å². The highest BCUT2D eigenvalue weighted by Crippen LogP contribution is 2.26. The minimum Gasteiger partial charge on any atom is -0.347 e. The van der Waals surface area contributed by atoms with Crippen LogP contribution >= 0.6 is 0 Å². The summed E-state index contributed by atoms with van der Waals surface area (Å²) >= 11 is 0. The number of carbonyl (C=O) groups is 2. The average Bonchev–Trinajstić information content (AvgIpc) is 2.72. The highest BCUT2D eigenvalue weighted by atomic mass is 16.2. The third-order valence-corrected chi connectivity index (χ3v) is 4.22. The molecule has 104 valence electrons. The Morgan fingerprint density at radius 2 is 1.80 bits per heavy atom. The number of nitrogens with zero attached hydrogens (tertiary/aromatic N) is 2. The van der Waals surface area contributed by atoms with Crippen molar-refractivity contribution in [2.24, 2.45) is 7.05 Å². The van der Waals surface area contributed by atoms with Crippen LogP contribution in [-0.4, -0.2) is 34.2 Å². The number of likely N-dealkylation sites (tertiary alicyclic amines) is 1. The number of Topliss-reactive ketones (excluding diaryl/α,β-unsaturated/α-hetero) is 1. The monoisotopic (exact) mass is 270 g/mol. The summed E-state index contributed by atoms with van der Waals surface area (Å²) < 4.78 is 2.05. The summed E-state index contributed by atoms with van der Waals surface area (Å²) in [6, 6.07) is 7.96. The number of para-hydroxylation sites is 1. The average molecular weight is 270 g/mol. The van der Waals surface area contributed by atoms with Crippen molar-refractivity contribution in [2.45, 2.75) is 19.8 Å². The van der Waals surface area contributed by atoms with Gasteiger partial charge in [0.1, 0.15) is 5.78 Å². The zero-order chi connectivity index (χ0) is 14.3. The van der Waals surface area contributed by atoms with Gasteiger partial charge in [0.15, 0.2) is 0 Å². The molecule has 20 heavy (non-hydrogen) atoms. The molecule has 1 saturated heterocycles. The Morgan fingerprint density at radius 3 is 2.50 bits per heavy atom. The number of carbonyl (C=O) groups excluding carboxylic acids is 2. The number of hydrogen-bond donors (Lipinski definition) is 0. The number of rotatable bonds is 1. The maximum Gasteiger partial charge on any atom is 0.256 e. The van der Waals surface area contributed by atoms with E-state index >= 15 is 0 Å². The zero-order valence-corrected chi connectivity index (χ0v) is 11.8. The van der Waals surface area contributed by atoms with Gasteiger partial charge in [0, 0.05) is 49.6 Å². The molecule has 0 unspecified atom stereocenters. The van der Waals surface area contributed by atoms with E-state index in [1.807, 2.05) is 38.2 Å². The second-order valence-corrected chi connectivity index (χ2v) is 5.37. The number of piperidine rings is 1. The molecule has 0 saturated carbocycles. The Labute approximate surface area is 118 Å². The number of hydrogen-bond acceptors (Lipinski definition) is 2. The predicted octanol–water partition coefficient (Wildman–Crippen LogP) is 2.29. The lowest BCUT2D eigenvalue weighted by Gasteiger charge is -2.26. The Bertz CT molecular complexity index is 690. The molecule has 1 aliphatic rings. The van der Waals surface area contributed by atoms with E-state index in [-0.39, 0.29) is 11.7 Å². The van der Waals surface area contributed by atoms with E-state index < -0.39 is 0 Å². The molecule has 4 heteroatoms. The van der Waals surface area contributed by atoms with Crippen molar-refractivity contribution in [2.75, 3.05) is 13.1 Å². The molecular formula is C16H18N2O2. The summed E-state index contributed by atoms with van der Waals surface area (Å²) in [7, 11) is 1.98. The first-order valence-electron chi connectivity index (χ1n) is 6.94. The number of aromatic nitrogens is 1. The fraction of sp³-hybridized carbons (Fsp3) is 0.375. The molecular weight excluding hydrogens is 252 g/mol. The van der Waals surface area contributed by atoms with Crippen LogP contribution in [0.3, 0.4) is 0 Å². The topological polar surface area (TPSA) is 42.3 Å². The number of benzene rings is 1. The molecule has 0 atom stereocenters. The molecule has 0 aliphatic carbocycles. The molecule has 1 fully saturated rings. The van der Waals surface area contributed by atoms with Crippen molar-refractivity contribution >= 4 is 22.6 Å². The molecule has 1 aromatic carbocycles. The smallest absolute Gasteiger partial charge is 0.256 e. The molecule has 1 aromatic heterocycles. The lowest BCUT2D eigenvalue weighted by atomic mass is 10.1. The summed E-state index contributed by atoms with van der Waals surface area (Å²) in [5, 5.41) is 0.995. The first-order valence-corrected chi connectivity index (χ1v) is 6.94. The van der Waals surface area contributed by atoms with Gasteiger partial charge in [-0.2, -0.15) is 0 Å². The summed E-state index contributed by atoms with van der Waals surface area (Å²) in [6.45, 7) is 3.06. The van der Waals surface area contributed by atoms with Crippen LogP contribution in [0.4, 0.5) is 0 Å². The zero-order valence-electron chi connectivity index (χ0n) is 11.8. The molecule has 3 rings (SSSR count). The summed E-state index contributed by atoms with van der Waals surface area (Å²) in [5.41, 5.74) is 2.83. The fourth-order valence-electron chi connectivity index (χ4n) is 2.91. The normalized spacial score (nSPS) is 15.9. The molecule has 2 aromatic rings. The molecule has 0 N–H and O–H groups in total. The Morgan fingerprint density at radius 1 is 1.15 bits per heavy atom. The van der Waals surface area contributed by atoms with Crippen molar-refractivity contribution < 1.29 is 9.59 Å². The Hall–Kier alpha value is -2.10. The largest absolute Gasteiger partial charge is 0.347 e. The van der Waals surface area contributed by atoms with Gasteiger partial charge in [-0.15, -0.1) is 0 Å². The molecule has 1 amide bonds. The summed E-state index contributed by atoms with van der Waals surface area (Å²) in [6.07, 6.45) is 0.963. The van der Waals surface area contributed by atoms with Crippen molar-refractivity contribution in [3.63, 3.8) is 0 Å². The second kappa shape index (κ2) is 4.78. The molecule has 0 radical (unpaired) electrons. The van der Waals surface area contributed by atoms with E-state index in [0.717, 1.165) is 22.2 Å². The maximum atomic E-state index is 12.8. The van der Waals surface area contributed by atoms with Gasteiger partial charge in [0.2, 0.25) is 0 Å². The van der Waals surface area contributed by atoms with Gasteiger partial charge in [-0.3, -0.25) is 9.59 Å². The first kappa shape index (κ1) is 12.9. The van der Waals surface area contributed by atoms with Crippen LogP contribution in [-0.2, 0) is 11.8 Å². The molecule has 1 aliphatic heterocycles. The van der Waals surface area contributed by atoms with Crippen molar-refractivity contribution in [1.82, 2.24) is 9.47 Å². The minimum atomic E-state index is 0.0480. The van der Waals surface area contributed by atoms with E-state index in [2.05, 4.69) is 4.57 Å². The fourth-order valence-corrected chi connectivity index (χ4v) is 2.91. The number of fused-ring (bicyclic) bond motifs is 1. The lowest BCUT2D eigenvalue weighted by molar-refractivity contribution is -0.120. The summed E-state index contributed by atoms with van der Waals surface area (Å²) in [5.74, 6) is 0.301. The van der Waals surface area contributed by atoms with Crippen LogP contribution in [0.1, 0.15) is 28.9 Å². The SMILES string of the molecule is Cc1c(C(=O)N2CCC(=O)CC2)c2ccccc2n1C. The third-order valence-electron chi connectivity index (χ3n) is 4.22. The molecule has 0 spiro atoms. The predicted molar refractivity (Wildman–Crippen MR) is 77.8 cm³/mol. The van der Waals surface area contributed by atoms with E-state index in [4.69, 9.17) is 0 Å². The first-order chi connectivity index (χ1) is 9.59. The third kappa shape index (κ3) is 1.92. The second-order valence-electron chi connectivity index (χ2n) is 5.37. The van der Waals surface area contributed by atoms with Crippen molar-refractivity contribution in [1.29, 1.82) is 0 Å². The van der Waals surface area contributed by atoms with Crippen LogP contribution < -0.4 is 0 Å². The van der Waals surface area contributed by atoms with E-state index in [0.29, 0.717) is 25.9 Å². The van der Waals surface area contributed by atoms with Crippen molar-refractivity contribution in [3.8, 4) is 0 Å². The maximum absolute atomic E-state index is 12.8. The van der Waals surface area contributed by atoms with Crippen LogP contribution in [0.5, 0.6) is 0 Å². The van der Waals surface area contributed by atoms with Crippen LogP contribution in [0.2, 0.25) is 0 Å². The highest BCUT2D eigenvalue weighted by molar-refractivity contribution is 6.08. The van der Waals surface area contributed by atoms with Gasteiger partial charge in [-0.25, -0.2) is 0 Å². The van der Waals surface area contributed by atoms with E-state index in [1.165, 1.54) is 0 Å². The molecule has 4 nitrogen and oxygen atoms in total. The van der Waals surface area contributed by atoms with Gasteiger partial charge in [0.05, 0.1) is 5.56 Å². The van der Waals surface area contributed by atoms with Gasteiger partial charge in [-0.1, -0.05) is 18.2 Å². The van der Waals surface area contributed by atoms with E-state index in [1.54, 1.807) is 4.90 Å². The van der Waals surface area contributed by atoms with Crippen molar-refractivity contribution in [3.05, 3.63) is 35.5 Å². The van der Waals surface area contributed by atoms with Gasteiger partial charge >= 0.3 is 0 Å². The van der Waals surface area contributed by atoms with Gasteiger partial charge < -0.3 is 9.47 Å². The quantitative estimate of drug-likeness (QED) is 0.798. The number of ketones is 1.